The van der Waals surface area contributed by atoms with Crippen LogP contribution in [0.2, 0.25) is 0 Å². The van der Waals surface area contributed by atoms with Gasteiger partial charge in [-0.3, -0.25) is 10.1 Å². The third-order valence-electron chi connectivity index (χ3n) is 2.94. The standard InChI is InChI=1S/C17H21N3O4S/c1-11(2)24-13-7-5-12(9-14(13)23-4)6-8-15(21)18-17-20-19-16(25-17)10-22-3/h5-9,11H,10H2,1-4H3,(H,18,20,21)/b8-6+. The van der Waals surface area contributed by atoms with Crippen LogP contribution in [0.4, 0.5) is 5.13 Å². The first kappa shape index (κ1) is 18.9. The second-order valence-corrected chi connectivity index (χ2v) is 6.40. The van der Waals surface area contributed by atoms with Crippen molar-refractivity contribution in [1.29, 1.82) is 0 Å². The van der Waals surface area contributed by atoms with Gasteiger partial charge in [-0.15, -0.1) is 10.2 Å². The summed E-state index contributed by atoms with van der Waals surface area (Å²) in [4.78, 5) is 12.0. The van der Waals surface area contributed by atoms with Crippen LogP contribution < -0.4 is 14.8 Å². The predicted octanol–water partition coefficient (Wildman–Crippen LogP) is 3.13. The Balaban J connectivity index is 2.01. The van der Waals surface area contributed by atoms with E-state index in [1.807, 2.05) is 32.0 Å². The predicted molar refractivity (Wildman–Crippen MR) is 97.0 cm³/mol. The molecule has 0 bridgehead atoms. The number of carbonyl (C=O) groups excluding carboxylic acids is 1. The van der Waals surface area contributed by atoms with Gasteiger partial charge in [0.25, 0.3) is 0 Å². The summed E-state index contributed by atoms with van der Waals surface area (Å²) in [6.07, 6.45) is 3.17. The fraction of sp³-hybridized carbons (Fsp3) is 0.353. The molecule has 1 amide bonds. The van der Waals surface area contributed by atoms with Gasteiger partial charge in [-0.05, 0) is 37.6 Å². The zero-order valence-electron chi connectivity index (χ0n) is 14.6. The van der Waals surface area contributed by atoms with Crippen molar-refractivity contribution in [3.05, 3.63) is 34.8 Å². The second kappa shape index (κ2) is 9.14. The van der Waals surface area contributed by atoms with Crippen molar-refractivity contribution in [1.82, 2.24) is 10.2 Å². The number of benzene rings is 1. The molecule has 2 rings (SSSR count). The number of hydrogen-bond donors (Lipinski definition) is 1. The van der Waals surface area contributed by atoms with E-state index in [1.54, 1.807) is 20.3 Å². The van der Waals surface area contributed by atoms with Crippen LogP contribution in [-0.2, 0) is 16.1 Å². The summed E-state index contributed by atoms with van der Waals surface area (Å²) >= 11 is 1.27. The molecule has 1 aromatic carbocycles. The summed E-state index contributed by atoms with van der Waals surface area (Å²) in [6, 6.07) is 5.48. The molecule has 0 spiro atoms. The summed E-state index contributed by atoms with van der Waals surface area (Å²) in [7, 11) is 3.16. The number of anilines is 1. The normalized spacial score (nSPS) is 11.1. The third kappa shape index (κ3) is 5.84. The smallest absolute Gasteiger partial charge is 0.250 e. The Bertz CT molecular complexity index is 743. The van der Waals surface area contributed by atoms with Crippen LogP contribution in [0.3, 0.4) is 0 Å². The van der Waals surface area contributed by atoms with Crippen molar-refractivity contribution in [3.63, 3.8) is 0 Å². The van der Waals surface area contributed by atoms with Crippen molar-refractivity contribution < 1.29 is 19.0 Å². The Labute approximate surface area is 150 Å². The topological polar surface area (TPSA) is 82.6 Å². The Morgan fingerprint density at radius 2 is 2.08 bits per heavy atom. The van der Waals surface area contributed by atoms with Gasteiger partial charge in [0.05, 0.1) is 13.2 Å². The van der Waals surface area contributed by atoms with E-state index in [2.05, 4.69) is 15.5 Å². The first-order valence-electron chi connectivity index (χ1n) is 7.67. The molecule has 1 aromatic heterocycles. The molecule has 0 aliphatic heterocycles. The largest absolute Gasteiger partial charge is 0.493 e. The van der Waals surface area contributed by atoms with Crippen LogP contribution in [0.5, 0.6) is 11.5 Å². The highest BCUT2D eigenvalue weighted by molar-refractivity contribution is 7.15. The fourth-order valence-electron chi connectivity index (χ4n) is 1.94. The van der Waals surface area contributed by atoms with E-state index in [4.69, 9.17) is 14.2 Å². The van der Waals surface area contributed by atoms with Gasteiger partial charge in [0.2, 0.25) is 11.0 Å². The molecule has 0 aliphatic rings. The number of amides is 1. The monoisotopic (exact) mass is 363 g/mol. The molecule has 7 nitrogen and oxygen atoms in total. The lowest BCUT2D eigenvalue weighted by Gasteiger charge is -2.13. The zero-order valence-corrected chi connectivity index (χ0v) is 15.4. The fourth-order valence-corrected chi connectivity index (χ4v) is 2.66. The number of rotatable bonds is 8. The quantitative estimate of drug-likeness (QED) is 0.726. The highest BCUT2D eigenvalue weighted by Gasteiger charge is 2.08. The maximum atomic E-state index is 12.0. The second-order valence-electron chi connectivity index (χ2n) is 5.33. The van der Waals surface area contributed by atoms with Gasteiger partial charge in [-0.2, -0.15) is 0 Å². The van der Waals surface area contributed by atoms with Gasteiger partial charge < -0.3 is 14.2 Å². The van der Waals surface area contributed by atoms with Gasteiger partial charge in [0, 0.05) is 13.2 Å². The molecule has 0 unspecified atom stereocenters. The molecule has 134 valence electrons. The van der Waals surface area contributed by atoms with Crippen molar-refractivity contribution in [2.75, 3.05) is 19.5 Å². The first-order chi connectivity index (χ1) is 12.0. The average molecular weight is 363 g/mol. The summed E-state index contributed by atoms with van der Waals surface area (Å²) in [5.41, 5.74) is 0.820. The van der Waals surface area contributed by atoms with Crippen LogP contribution in [0, 0.1) is 0 Å². The number of methoxy groups -OCH3 is 2. The van der Waals surface area contributed by atoms with E-state index in [-0.39, 0.29) is 12.0 Å². The summed E-state index contributed by atoms with van der Waals surface area (Å²) in [5.74, 6) is 0.991. The molecule has 0 saturated carbocycles. The highest BCUT2D eigenvalue weighted by atomic mass is 32.1. The van der Waals surface area contributed by atoms with Crippen LogP contribution in [0.1, 0.15) is 24.4 Å². The third-order valence-corrected chi connectivity index (χ3v) is 3.75. The number of nitrogens with one attached hydrogen (secondary N) is 1. The maximum Gasteiger partial charge on any atom is 0.250 e. The lowest BCUT2D eigenvalue weighted by molar-refractivity contribution is -0.111. The number of carbonyl (C=O) groups is 1. The van der Waals surface area contributed by atoms with Crippen LogP contribution in [-0.4, -0.2) is 36.4 Å². The number of aromatic nitrogens is 2. The molecule has 8 heteroatoms. The summed E-state index contributed by atoms with van der Waals surface area (Å²) in [5, 5.41) is 11.6. The van der Waals surface area contributed by atoms with E-state index >= 15 is 0 Å². The number of ether oxygens (including phenoxy) is 3. The van der Waals surface area contributed by atoms with Gasteiger partial charge in [0.1, 0.15) is 11.6 Å². The molecule has 0 atom stereocenters. The van der Waals surface area contributed by atoms with Gasteiger partial charge in [-0.25, -0.2) is 0 Å². The first-order valence-corrected chi connectivity index (χ1v) is 8.48. The minimum atomic E-state index is -0.290. The zero-order chi connectivity index (χ0) is 18.2. The minimum Gasteiger partial charge on any atom is -0.493 e. The van der Waals surface area contributed by atoms with Crippen LogP contribution in [0.25, 0.3) is 6.08 Å². The van der Waals surface area contributed by atoms with E-state index in [0.29, 0.717) is 28.2 Å². The molecule has 0 saturated heterocycles. The van der Waals surface area contributed by atoms with E-state index in [0.717, 1.165) is 5.56 Å². The van der Waals surface area contributed by atoms with E-state index in [9.17, 15) is 4.79 Å². The molecule has 0 aliphatic carbocycles. The SMILES string of the molecule is COCc1nnc(NC(=O)/C=C/c2ccc(OC(C)C)c(OC)c2)s1. The van der Waals surface area contributed by atoms with Gasteiger partial charge in [-0.1, -0.05) is 17.4 Å². The number of hydrogen-bond acceptors (Lipinski definition) is 7. The molecule has 2 aromatic rings. The summed E-state index contributed by atoms with van der Waals surface area (Å²) in [6.45, 7) is 4.26. The Hall–Kier alpha value is -2.45. The van der Waals surface area contributed by atoms with Gasteiger partial charge in [0.15, 0.2) is 11.5 Å². The Morgan fingerprint density at radius 3 is 2.76 bits per heavy atom. The molecule has 1 N–H and O–H groups in total. The summed E-state index contributed by atoms with van der Waals surface area (Å²) < 4.78 is 16.0. The lowest BCUT2D eigenvalue weighted by atomic mass is 10.2. The molecule has 1 heterocycles. The molecular weight excluding hydrogens is 342 g/mol. The van der Waals surface area contributed by atoms with Crippen molar-refractivity contribution in [3.8, 4) is 11.5 Å². The highest BCUT2D eigenvalue weighted by Crippen LogP contribution is 2.29. The van der Waals surface area contributed by atoms with E-state index < -0.39 is 0 Å². The average Bonchev–Trinajstić information content (AvgIpc) is 3.00. The van der Waals surface area contributed by atoms with Crippen molar-refractivity contribution in [2.24, 2.45) is 0 Å². The molecule has 25 heavy (non-hydrogen) atoms. The van der Waals surface area contributed by atoms with Crippen molar-refractivity contribution >= 4 is 28.5 Å². The Morgan fingerprint density at radius 1 is 1.28 bits per heavy atom. The van der Waals surface area contributed by atoms with Gasteiger partial charge >= 0.3 is 0 Å². The van der Waals surface area contributed by atoms with Crippen molar-refractivity contribution in [2.45, 2.75) is 26.6 Å². The number of nitrogens with zero attached hydrogens (tertiary/aromatic N) is 2. The maximum absolute atomic E-state index is 12.0. The lowest BCUT2D eigenvalue weighted by Crippen LogP contribution is -2.07. The molecular formula is C17H21N3O4S. The van der Waals surface area contributed by atoms with E-state index in [1.165, 1.54) is 17.4 Å². The minimum absolute atomic E-state index is 0.0518. The van der Waals surface area contributed by atoms with Crippen LogP contribution in [0.15, 0.2) is 24.3 Å². The Kier molecular flexibility index (Phi) is 6.91. The molecule has 0 fully saturated rings. The molecule has 0 radical (unpaired) electrons. The van der Waals surface area contributed by atoms with Crippen LogP contribution >= 0.6 is 11.3 Å².